The molecular weight excluding hydrogens is 300 g/mol. The first-order valence-corrected chi connectivity index (χ1v) is 10.1. The lowest BCUT2D eigenvalue weighted by molar-refractivity contribution is -0.0196. The van der Waals surface area contributed by atoms with Gasteiger partial charge in [0.1, 0.15) is 5.60 Å². The molecule has 1 amide bonds. The summed E-state index contributed by atoms with van der Waals surface area (Å²) >= 11 is 0. The van der Waals surface area contributed by atoms with Crippen LogP contribution in [0.1, 0.15) is 78.6 Å². The van der Waals surface area contributed by atoms with E-state index in [9.17, 15) is 4.79 Å². The Kier molecular flexibility index (Phi) is 5.43. The minimum absolute atomic E-state index is 0.297. The van der Waals surface area contributed by atoms with Gasteiger partial charge in [-0.3, -0.25) is 0 Å². The Morgan fingerprint density at radius 1 is 0.958 bits per heavy atom. The molecular formula is C20H36N2O2. The molecule has 138 valence electrons. The third-order valence-corrected chi connectivity index (χ3v) is 6.06. The van der Waals surface area contributed by atoms with Crippen molar-refractivity contribution in [3.8, 4) is 0 Å². The average Bonchev–Trinajstić information content (AvgIpc) is 2.42. The molecule has 0 aliphatic heterocycles. The van der Waals surface area contributed by atoms with Crippen molar-refractivity contribution in [3.63, 3.8) is 0 Å². The number of nitrogens with one attached hydrogen (secondary N) is 2. The number of hydrogen-bond donors (Lipinski definition) is 2. The molecule has 24 heavy (non-hydrogen) atoms. The molecule has 0 aromatic rings. The van der Waals surface area contributed by atoms with Crippen LogP contribution in [0.4, 0.5) is 4.79 Å². The van der Waals surface area contributed by atoms with E-state index in [4.69, 9.17) is 4.74 Å². The maximum Gasteiger partial charge on any atom is 0.407 e. The van der Waals surface area contributed by atoms with Crippen LogP contribution in [0.2, 0.25) is 0 Å². The molecule has 4 heteroatoms. The van der Waals surface area contributed by atoms with Gasteiger partial charge in [-0.1, -0.05) is 6.42 Å². The number of alkyl carbamates (subject to hydrolysis) is 1. The van der Waals surface area contributed by atoms with Gasteiger partial charge >= 0.3 is 6.09 Å². The van der Waals surface area contributed by atoms with Crippen molar-refractivity contribution < 1.29 is 9.53 Å². The fourth-order valence-corrected chi connectivity index (χ4v) is 5.61. The molecule has 4 aliphatic carbocycles. The maximum absolute atomic E-state index is 11.6. The van der Waals surface area contributed by atoms with Crippen LogP contribution < -0.4 is 10.6 Å². The van der Waals surface area contributed by atoms with Gasteiger partial charge in [0.15, 0.2) is 0 Å². The molecule has 0 heterocycles. The molecule has 0 saturated heterocycles. The molecule has 4 nitrogen and oxygen atoms in total. The number of ether oxygens (including phenoxy) is 1. The van der Waals surface area contributed by atoms with Crippen molar-refractivity contribution in [2.45, 2.75) is 89.7 Å². The molecule has 4 bridgehead atoms. The van der Waals surface area contributed by atoms with Crippen molar-refractivity contribution in [1.29, 1.82) is 0 Å². The van der Waals surface area contributed by atoms with Crippen molar-refractivity contribution in [3.05, 3.63) is 0 Å². The fraction of sp³-hybridized carbons (Fsp3) is 0.950. The van der Waals surface area contributed by atoms with E-state index >= 15 is 0 Å². The van der Waals surface area contributed by atoms with E-state index in [1.165, 1.54) is 44.9 Å². The second-order valence-electron chi connectivity index (χ2n) is 9.61. The monoisotopic (exact) mass is 336 g/mol. The summed E-state index contributed by atoms with van der Waals surface area (Å²) in [5, 5.41) is 6.79. The van der Waals surface area contributed by atoms with E-state index in [1.54, 1.807) is 0 Å². The van der Waals surface area contributed by atoms with E-state index in [0.717, 1.165) is 37.1 Å². The summed E-state index contributed by atoms with van der Waals surface area (Å²) in [6.07, 6.45) is 11.9. The van der Waals surface area contributed by atoms with Crippen molar-refractivity contribution in [1.82, 2.24) is 10.6 Å². The zero-order chi connectivity index (χ0) is 17.2. The van der Waals surface area contributed by atoms with E-state index in [-0.39, 0.29) is 6.09 Å². The van der Waals surface area contributed by atoms with Gasteiger partial charge in [-0.15, -0.1) is 0 Å². The lowest BCUT2D eigenvalue weighted by Gasteiger charge is -2.57. The zero-order valence-electron chi connectivity index (χ0n) is 15.8. The third-order valence-electron chi connectivity index (χ3n) is 6.06. The van der Waals surface area contributed by atoms with Gasteiger partial charge in [-0.2, -0.15) is 0 Å². The topological polar surface area (TPSA) is 50.4 Å². The van der Waals surface area contributed by atoms with Crippen LogP contribution in [0, 0.1) is 17.8 Å². The summed E-state index contributed by atoms with van der Waals surface area (Å²) in [6.45, 7) is 7.53. The van der Waals surface area contributed by atoms with Crippen molar-refractivity contribution in [2.24, 2.45) is 17.8 Å². The molecule has 0 radical (unpaired) electrons. The Morgan fingerprint density at radius 2 is 1.50 bits per heavy atom. The highest BCUT2D eigenvalue weighted by Crippen LogP contribution is 2.55. The number of carbonyl (C=O) groups is 1. The summed E-state index contributed by atoms with van der Waals surface area (Å²) in [7, 11) is 0. The van der Waals surface area contributed by atoms with Crippen LogP contribution in [0.15, 0.2) is 0 Å². The Bertz CT molecular complexity index is 406. The lowest BCUT2D eigenvalue weighted by Crippen LogP contribution is -2.58. The first-order chi connectivity index (χ1) is 11.3. The molecule has 4 rings (SSSR count). The average molecular weight is 337 g/mol. The largest absolute Gasteiger partial charge is 0.444 e. The summed E-state index contributed by atoms with van der Waals surface area (Å²) < 4.78 is 5.24. The summed E-state index contributed by atoms with van der Waals surface area (Å²) in [5.41, 5.74) is 0.0787. The third kappa shape index (κ3) is 4.87. The molecule has 2 N–H and O–H groups in total. The number of hydrogen-bond acceptors (Lipinski definition) is 3. The number of amides is 1. The van der Waals surface area contributed by atoms with Gasteiger partial charge in [0.25, 0.3) is 0 Å². The molecule has 0 aromatic carbocycles. The van der Waals surface area contributed by atoms with Gasteiger partial charge < -0.3 is 15.4 Å². The molecule has 0 atom stereocenters. The van der Waals surface area contributed by atoms with Gasteiger partial charge in [0, 0.05) is 12.1 Å². The van der Waals surface area contributed by atoms with Crippen LogP contribution >= 0.6 is 0 Å². The van der Waals surface area contributed by atoms with Crippen LogP contribution in [0.3, 0.4) is 0 Å². The lowest BCUT2D eigenvalue weighted by atomic mass is 9.53. The number of carbonyl (C=O) groups excluding carboxylic acids is 1. The molecule has 0 aromatic heterocycles. The second kappa shape index (κ2) is 7.23. The normalized spacial score (nSPS) is 34.4. The minimum atomic E-state index is -0.411. The predicted octanol–water partition coefficient (Wildman–Crippen LogP) is 4.24. The van der Waals surface area contributed by atoms with E-state index in [1.807, 2.05) is 20.8 Å². The quantitative estimate of drug-likeness (QED) is 0.684. The smallest absolute Gasteiger partial charge is 0.407 e. The molecule has 4 aliphatic rings. The second-order valence-corrected chi connectivity index (χ2v) is 9.61. The SMILES string of the molecule is CC(C)(C)OC(=O)NCCCCCNC12CC3CC(CC(C3)C1)C2. The van der Waals surface area contributed by atoms with Gasteiger partial charge in [-0.05, 0) is 96.4 Å². The summed E-state index contributed by atoms with van der Waals surface area (Å²) in [4.78, 5) is 11.6. The van der Waals surface area contributed by atoms with Gasteiger partial charge in [0.05, 0.1) is 0 Å². The van der Waals surface area contributed by atoms with Crippen LogP contribution in [-0.4, -0.2) is 30.3 Å². The van der Waals surface area contributed by atoms with Crippen LogP contribution in [0.25, 0.3) is 0 Å². The van der Waals surface area contributed by atoms with E-state index < -0.39 is 5.60 Å². The van der Waals surface area contributed by atoms with E-state index in [0.29, 0.717) is 12.1 Å². The first kappa shape index (κ1) is 18.0. The highest BCUT2D eigenvalue weighted by atomic mass is 16.6. The first-order valence-electron chi connectivity index (χ1n) is 10.1. The maximum atomic E-state index is 11.6. The minimum Gasteiger partial charge on any atom is -0.444 e. The highest BCUT2D eigenvalue weighted by molar-refractivity contribution is 5.67. The molecule has 0 spiro atoms. The van der Waals surface area contributed by atoms with Crippen molar-refractivity contribution >= 4 is 6.09 Å². The highest BCUT2D eigenvalue weighted by Gasteiger charge is 2.50. The number of unbranched alkanes of at least 4 members (excludes halogenated alkanes) is 2. The van der Waals surface area contributed by atoms with Gasteiger partial charge in [0.2, 0.25) is 0 Å². The molecule has 4 fully saturated rings. The summed E-state index contributed by atoms with van der Waals surface area (Å²) in [5.74, 6) is 3.05. The molecule has 4 saturated carbocycles. The van der Waals surface area contributed by atoms with Crippen LogP contribution in [-0.2, 0) is 4.74 Å². The van der Waals surface area contributed by atoms with Crippen molar-refractivity contribution in [2.75, 3.05) is 13.1 Å². The Morgan fingerprint density at radius 3 is 2.04 bits per heavy atom. The standard InChI is InChI=1S/C20H36N2O2/c1-19(2,3)24-18(23)21-7-5-4-6-8-22-20-12-15-9-16(13-20)11-17(10-15)14-20/h15-17,22H,4-14H2,1-3H3,(H,21,23). The summed E-state index contributed by atoms with van der Waals surface area (Å²) in [6, 6.07) is 0. The Labute approximate surface area is 147 Å². The number of rotatable bonds is 7. The fourth-order valence-electron chi connectivity index (χ4n) is 5.61. The Balaban J connectivity index is 1.25. The predicted molar refractivity (Wildman–Crippen MR) is 97.0 cm³/mol. The Hall–Kier alpha value is -0.770. The van der Waals surface area contributed by atoms with Gasteiger partial charge in [-0.25, -0.2) is 4.79 Å². The van der Waals surface area contributed by atoms with E-state index in [2.05, 4.69) is 10.6 Å². The van der Waals surface area contributed by atoms with Crippen LogP contribution in [0.5, 0.6) is 0 Å². The zero-order valence-corrected chi connectivity index (χ0v) is 15.8. The molecule has 0 unspecified atom stereocenters.